The molecule has 0 spiro atoms. The molecule has 0 atom stereocenters. The minimum atomic E-state index is -0.0533. The van der Waals surface area contributed by atoms with Gasteiger partial charge in [0.15, 0.2) is 17.3 Å². The minimum absolute atomic E-state index is 0.0533. The molecular formula is C22H28N2O4. The summed E-state index contributed by atoms with van der Waals surface area (Å²) < 4.78 is 16.3. The van der Waals surface area contributed by atoms with Crippen LogP contribution in [-0.2, 0) is 0 Å². The molecule has 0 saturated carbocycles. The maximum absolute atomic E-state index is 13.1. The smallest absolute Gasteiger partial charge is 0.203 e. The lowest BCUT2D eigenvalue weighted by Gasteiger charge is -2.17. The third kappa shape index (κ3) is 4.22. The molecule has 0 aliphatic carbocycles. The number of methoxy groups -OCH3 is 3. The summed E-state index contributed by atoms with van der Waals surface area (Å²) in [6.45, 7) is 1.95. The largest absolute Gasteiger partial charge is 0.493 e. The number of ketones is 1. The van der Waals surface area contributed by atoms with E-state index >= 15 is 0 Å². The summed E-state index contributed by atoms with van der Waals surface area (Å²) in [5.74, 6) is 1.52. The van der Waals surface area contributed by atoms with Crippen LogP contribution in [0.3, 0.4) is 0 Å². The second kappa shape index (κ2) is 9.17. The molecule has 0 aliphatic rings. The average Bonchev–Trinajstić information content (AvgIpc) is 2.70. The molecule has 2 rings (SSSR count). The van der Waals surface area contributed by atoms with E-state index in [0.717, 1.165) is 11.3 Å². The van der Waals surface area contributed by atoms with Gasteiger partial charge >= 0.3 is 0 Å². The number of nitrogens with zero attached hydrogens (tertiary/aromatic N) is 1. The van der Waals surface area contributed by atoms with Crippen LogP contribution < -0.4 is 24.8 Å². The van der Waals surface area contributed by atoms with Crippen molar-refractivity contribution in [3.05, 3.63) is 47.0 Å². The van der Waals surface area contributed by atoms with E-state index in [4.69, 9.17) is 19.9 Å². The van der Waals surface area contributed by atoms with Crippen LogP contribution in [-0.4, -0.2) is 41.2 Å². The van der Waals surface area contributed by atoms with Gasteiger partial charge < -0.3 is 24.8 Å². The topological polar surface area (TPSA) is 74.0 Å². The van der Waals surface area contributed by atoms with Gasteiger partial charge in [-0.1, -0.05) is 6.92 Å². The molecule has 0 aliphatic heterocycles. The molecule has 0 saturated heterocycles. The highest BCUT2D eigenvalue weighted by atomic mass is 16.5. The van der Waals surface area contributed by atoms with Crippen molar-refractivity contribution >= 4 is 23.2 Å². The lowest BCUT2D eigenvalue weighted by molar-refractivity contribution is 0.103. The molecule has 0 radical (unpaired) electrons. The Morgan fingerprint density at radius 3 is 2.25 bits per heavy atom. The minimum Gasteiger partial charge on any atom is -0.493 e. The van der Waals surface area contributed by atoms with Gasteiger partial charge in [0, 0.05) is 30.8 Å². The maximum Gasteiger partial charge on any atom is 0.203 e. The fourth-order valence-electron chi connectivity index (χ4n) is 3.01. The molecule has 150 valence electrons. The SMILES string of the molecule is CC/C(=C\c1ccc(OC)c(OC)c1OC)C(=O)c1ccc(N)c(N(C)C)c1. The van der Waals surface area contributed by atoms with Gasteiger partial charge in [0.1, 0.15) is 0 Å². The number of hydrogen-bond donors (Lipinski definition) is 1. The number of nitrogen functional groups attached to an aromatic ring is 1. The first-order valence-corrected chi connectivity index (χ1v) is 8.98. The highest BCUT2D eigenvalue weighted by Gasteiger charge is 2.18. The van der Waals surface area contributed by atoms with Crippen LogP contribution in [0, 0.1) is 0 Å². The lowest BCUT2D eigenvalue weighted by atomic mass is 9.97. The molecule has 0 fully saturated rings. The molecule has 0 heterocycles. The van der Waals surface area contributed by atoms with Gasteiger partial charge in [-0.25, -0.2) is 0 Å². The van der Waals surface area contributed by atoms with Crippen LogP contribution in [0.5, 0.6) is 17.2 Å². The van der Waals surface area contributed by atoms with E-state index in [1.807, 2.05) is 44.1 Å². The average molecular weight is 384 g/mol. The molecular weight excluding hydrogens is 356 g/mol. The number of nitrogens with two attached hydrogens (primary N) is 1. The van der Waals surface area contributed by atoms with Crippen molar-refractivity contribution in [1.82, 2.24) is 0 Å². The van der Waals surface area contributed by atoms with Crippen molar-refractivity contribution < 1.29 is 19.0 Å². The van der Waals surface area contributed by atoms with Crippen molar-refractivity contribution in [3.8, 4) is 17.2 Å². The highest BCUT2D eigenvalue weighted by Crippen LogP contribution is 2.41. The van der Waals surface area contributed by atoms with Gasteiger partial charge in [-0.15, -0.1) is 0 Å². The number of Topliss-reactive ketones (excluding diaryl/α,β-unsaturated/α-hetero) is 1. The van der Waals surface area contributed by atoms with Gasteiger partial charge in [0.05, 0.1) is 32.7 Å². The Morgan fingerprint density at radius 2 is 1.71 bits per heavy atom. The molecule has 0 aromatic heterocycles. The monoisotopic (exact) mass is 384 g/mol. The van der Waals surface area contributed by atoms with Crippen molar-refractivity contribution in [2.24, 2.45) is 0 Å². The van der Waals surface area contributed by atoms with Crippen LogP contribution in [0.1, 0.15) is 29.3 Å². The lowest BCUT2D eigenvalue weighted by Crippen LogP contribution is -2.13. The van der Waals surface area contributed by atoms with E-state index in [9.17, 15) is 4.79 Å². The molecule has 6 nitrogen and oxygen atoms in total. The Bertz CT molecular complexity index is 888. The van der Waals surface area contributed by atoms with Gasteiger partial charge in [0.2, 0.25) is 5.75 Å². The highest BCUT2D eigenvalue weighted by molar-refractivity contribution is 6.12. The van der Waals surface area contributed by atoms with Crippen LogP contribution in [0.2, 0.25) is 0 Å². The van der Waals surface area contributed by atoms with Crippen molar-refractivity contribution in [2.45, 2.75) is 13.3 Å². The van der Waals surface area contributed by atoms with Crippen molar-refractivity contribution in [2.75, 3.05) is 46.1 Å². The van der Waals surface area contributed by atoms with E-state index in [1.54, 1.807) is 39.5 Å². The van der Waals surface area contributed by atoms with Crippen LogP contribution in [0.25, 0.3) is 6.08 Å². The number of hydrogen-bond acceptors (Lipinski definition) is 6. The van der Waals surface area contributed by atoms with E-state index in [-0.39, 0.29) is 5.78 Å². The number of anilines is 2. The number of rotatable bonds is 8. The van der Waals surface area contributed by atoms with Gasteiger partial charge in [0.25, 0.3) is 0 Å². The molecule has 0 unspecified atom stereocenters. The quantitative estimate of drug-likeness (QED) is 0.421. The second-order valence-electron chi connectivity index (χ2n) is 6.44. The van der Waals surface area contributed by atoms with E-state index in [0.29, 0.717) is 40.5 Å². The molecule has 28 heavy (non-hydrogen) atoms. The van der Waals surface area contributed by atoms with Crippen molar-refractivity contribution in [3.63, 3.8) is 0 Å². The number of carbonyl (C=O) groups is 1. The fourth-order valence-corrected chi connectivity index (χ4v) is 3.01. The van der Waals surface area contributed by atoms with Gasteiger partial charge in [-0.3, -0.25) is 4.79 Å². The first-order valence-electron chi connectivity index (χ1n) is 8.98. The summed E-state index contributed by atoms with van der Waals surface area (Å²) in [6, 6.07) is 8.95. The predicted octanol–water partition coefficient (Wildman–Crippen LogP) is 4.04. The third-order valence-corrected chi connectivity index (χ3v) is 4.51. The summed E-state index contributed by atoms with van der Waals surface area (Å²) in [5, 5.41) is 0. The molecule has 6 heteroatoms. The van der Waals surface area contributed by atoms with E-state index in [2.05, 4.69) is 0 Å². The van der Waals surface area contributed by atoms with Crippen LogP contribution in [0.15, 0.2) is 35.9 Å². The summed E-state index contributed by atoms with van der Waals surface area (Å²) >= 11 is 0. The molecule has 2 N–H and O–H groups in total. The van der Waals surface area contributed by atoms with Crippen LogP contribution in [0.4, 0.5) is 11.4 Å². The number of ether oxygens (including phenoxy) is 3. The second-order valence-corrected chi connectivity index (χ2v) is 6.44. The Kier molecular flexibility index (Phi) is 6.93. The molecule has 2 aromatic rings. The third-order valence-electron chi connectivity index (χ3n) is 4.51. The predicted molar refractivity (Wildman–Crippen MR) is 114 cm³/mol. The number of benzene rings is 2. The molecule has 0 amide bonds. The summed E-state index contributed by atoms with van der Waals surface area (Å²) in [5.41, 5.74) is 9.44. The normalized spacial score (nSPS) is 11.1. The van der Waals surface area contributed by atoms with Gasteiger partial charge in [-0.2, -0.15) is 0 Å². The first kappa shape index (κ1) is 21.2. The summed E-state index contributed by atoms with van der Waals surface area (Å²) in [7, 11) is 8.47. The number of carbonyl (C=O) groups excluding carboxylic acids is 1. The van der Waals surface area contributed by atoms with E-state index in [1.165, 1.54) is 0 Å². The van der Waals surface area contributed by atoms with Gasteiger partial charge in [-0.05, 0) is 42.8 Å². The number of allylic oxidation sites excluding steroid dienone is 1. The Hall–Kier alpha value is -3.15. The Morgan fingerprint density at radius 1 is 1.04 bits per heavy atom. The zero-order valence-electron chi connectivity index (χ0n) is 17.3. The maximum atomic E-state index is 13.1. The zero-order chi connectivity index (χ0) is 20.8. The Labute approximate surface area is 166 Å². The standard InChI is InChI=1S/C22H28N2O4/c1-7-14(20(25)15-8-10-17(23)18(13-15)24(2)3)12-16-9-11-19(26-4)22(28-6)21(16)27-5/h8-13H,7,23H2,1-6H3/b14-12+. The first-order chi connectivity index (χ1) is 13.4. The summed E-state index contributed by atoms with van der Waals surface area (Å²) in [4.78, 5) is 15.0. The van der Waals surface area contributed by atoms with Crippen molar-refractivity contribution in [1.29, 1.82) is 0 Å². The molecule has 2 aromatic carbocycles. The Balaban J connectivity index is 2.52. The zero-order valence-corrected chi connectivity index (χ0v) is 17.3. The molecule has 0 bridgehead atoms. The van der Waals surface area contributed by atoms with E-state index < -0.39 is 0 Å². The van der Waals surface area contributed by atoms with Crippen LogP contribution >= 0.6 is 0 Å². The summed E-state index contributed by atoms with van der Waals surface area (Å²) in [6.07, 6.45) is 2.40. The fraction of sp³-hybridized carbons (Fsp3) is 0.318.